The van der Waals surface area contributed by atoms with Crippen LogP contribution < -0.4 is 5.43 Å². The van der Waals surface area contributed by atoms with Crippen LogP contribution in [0.4, 0.5) is 0 Å². The summed E-state index contributed by atoms with van der Waals surface area (Å²) in [7, 11) is 0. The van der Waals surface area contributed by atoms with Crippen molar-refractivity contribution < 1.29 is 4.79 Å². The Morgan fingerprint density at radius 3 is 2.44 bits per heavy atom. The second-order valence-corrected chi connectivity index (χ2v) is 6.92. The number of benzene rings is 2. The van der Waals surface area contributed by atoms with Gasteiger partial charge in [-0.3, -0.25) is 4.79 Å². The lowest BCUT2D eigenvalue weighted by molar-refractivity contribution is -0.122. The van der Waals surface area contributed by atoms with Crippen LogP contribution in [0.1, 0.15) is 5.56 Å². The molecule has 3 aromatic rings. The normalized spacial score (nSPS) is 11.1. The van der Waals surface area contributed by atoms with Gasteiger partial charge in [-0.05, 0) is 35.5 Å². The highest BCUT2D eigenvalue weighted by Gasteiger charge is 2.10. The van der Waals surface area contributed by atoms with Gasteiger partial charge in [0.2, 0.25) is 5.82 Å². The number of hydrogen-bond donors (Lipinski definition) is 1. The van der Waals surface area contributed by atoms with Crippen LogP contribution in [0.3, 0.4) is 0 Å². The largest absolute Gasteiger partial charge is 0.271 e. The number of aromatic nitrogens is 4. The number of nitrogens with one attached hydrogen (secondary N) is 1. The number of hydrogen-bond acceptors (Lipinski definition) is 5. The third-order valence-electron chi connectivity index (χ3n) is 3.24. The summed E-state index contributed by atoms with van der Waals surface area (Å²) in [6.45, 7) is -0.186. The van der Waals surface area contributed by atoms with Gasteiger partial charge in [0.15, 0.2) is 0 Å². The standard InChI is InChI=1S/C16H10Cl4N6O/c17-10-4-9(5-11(18)6-10)16-23-25-26(24-16)8-15(27)22-21-7-12-13(19)2-1-3-14(12)20/h1-7H,8H2,(H,22,27). The van der Waals surface area contributed by atoms with E-state index in [1.54, 1.807) is 36.4 Å². The topological polar surface area (TPSA) is 85.1 Å². The maximum atomic E-state index is 12.0. The molecule has 0 saturated carbocycles. The number of tetrazole rings is 1. The first kappa shape index (κ1) is 19.6. The number of hydrazone groups is 1. The molecule has 0 spiro atoms. The molecule has 1 heterocycles. The minimum absolute atomic E-state index is 0.186. The molecular formula is C16H10Cl4N6O. The molecular weight excluding hydrogens is 434 g/mol. The second-order valence-electron chi connectivity index (χ2n) is 5.23. The Hall–Kier alpha value is -2.19. The molecule has 0 saturated heterocycles. The summed E-state index contributed by atoms with van der Waals surface area (Å²) >= 11 is 23.9. The van der Waals surface area contributed by atoms with Crippen molar-refractivity contribution in [3.8, 4) is 11.4 Å². The van der Waals surface area contributed by atoms with Crippen LogP contribution in [0.5, 0.6) is 0 Å². The monoisotopic (exact) mass is 442 g/mol. The summed E-state index contributed by atoms with van der Waals surface area (Å²) in [5.41, 5.74) is 3.43. The Balaban J connectivity index is 1.63. The molecule has 3 rings (SSSR count). The quantitative estimate of drug-likeness (QED) is 0.475. The van der Waals surface area contributed by atoms with Crippen molar-refractivity contribution in [1.29, 1.82) is 0 Å². The van der Waals surface area contributed by atoms with Crippen LogP contribution in [0, 0.1) is 0 Å². The van der Waals surface area contributed by atoms with E-state index in [9.17, 15) is 4.79 Å². The first-order valence-electron chi connectivity index (χ1n) is 7.42. The van der Waals surface area contributed by atoms with E-state index in [-0.39, 0.29) is 6.54 Å². The van der Waals surface area contributed by atoms with E-state index in [4.69, 9.17) is 46.4 Å². The van der Waals surface area contributed by atoms with Gasteiger partial charge in [-0.25, -0.2) is 5.43 Å². The van der Waals surface area contributed by atoms with Crippen LogP contribution in [-0.4, -0.2) is 32.3 Å². The van der Waals surface area contributed by atoms with Gasteiger partial charge >= 0.3 is 0 Å². The number of amides is 1. The van der Waals surface area contributed by atoms with E-state index >= 15 is 0 Å². The third-order valence-corrected chi connectivity index (χ3v) is 4.34. The molecule has 0 fully saturated rings. The maximum Gasteiger partial charge on any atom is 0.263 e. The number of rotatable bonds is 5. The molecule has 1 aromatic heterocycles. The molecule has 0 radical (unpaired) electrons. The van der Waals surface area contributed by atoms with E-state index in [0.29, 0.717) is 37.0 Å². The van der Waals surface area contributed by atoms with E-state index in [2.05, 4.69) is 25.9 Å². The van der Waals surface area contributed by atoms with E-state index in [1.807, 2.05) is 0 Å². The second kappa shape index (κ2) is 8.67. The van der Waals surface area contributed by atoms with Crippen LogP contribution in [0.15, 0.2) is 41.5 Å². The molecule has 1 N–H and O–H groups in total. The number of nitrogens with zero attached hydrogens (tertiary/aromatic N) is 5. The van der Waals surface area contributed by atoms with Gasteiger partial charge < -0.3 is 0 Å². The smallest absolute Gasteiger partial charge is 0.263 e. The summed E-state index contributed by atoms with van der Waals surface area (Å²) in [6, 6.07) is 9.92. The minimum Gasteiger partial charge on any atom is -0.271 e. The molecule has 0 unspecified atom stereocenters. The minimum atomic E-state index is -0.456. The molecule has 0 atom stereocenters. The van der Waals surface area contributed by atoms with Crippen molar-refractivity contribution in [2.75, 3.05) is 0 Å². The van der Waals surface area contributed by atoms with Crippen molar-refractivity contribution in [1.82, 2.24) is 25.6 Å². The van der Waals surface area contributed by atoms with Crippen LogP contribution in [0.25, 0.3) is 11.4 Å². The van der Waals surface area contributed by atoms with Gasteiger partial charge in [-0.2, -0.15) is 9.90 Å². The molecule has 0 bridgehead atoms. The summed E-state index contributed by atoms with van der Waals surface area (Å²) in [4.78, 5) is 13.1. The predicted molar refractivity (Wildman–Crippen MR) is 105 cm³/mol. The molecule has 27 heavy (non-hydrogen) atoms. The molecule has 11 heteroatoms. The summed E-state index contributed by atoms with van der Waals surface area (Å²) < 4.78 is 0. The lowest BCUT2D eigenvalue weighted by atomic mass is 10.2. The molecule has 2 aromatic carbocycles. The number of carbonyl (C=O) groups excluding carboxylic acids is 1. The van der Waals surface area contributed by atoms with Crippen molar-refractivity contribution in [3.63, 3.8) is 0 Å². The Kier molecular flexibility index (Phi) is 6.28. The highest BCUT2D eigenvalue weighted by atomic mass is 35.5. The summed E-state index contributed by atoms with van der Waals surface area (Å²) in [5, 5.41) is 17.4. The van der Waals surface area contributed by atoms with E-state index in [0.717, 1.165) is 4.80 Å². The Morgan fingerprint density at radius 2 is 1.78 bits per heavy atom. The van der Waals surface area contributed by atoms with Crippen LogP contribution in [0.2, 0.25) is 20.1 Å². The zero-order chi connectivity index (χ0) is 19.4. The highest BCUT2D eigenvalue weighted by molar-refractivity contribution is 6.38. The lowest BCUT2D eigenvalue weighted by Gasteiger charge is -2.01. The predicted octanol–water partition coefficient (Wildman–Crippen LogP) is 4.10. The van der Waals surface area contributed by atoms with Crippen LogP contribution in [-0.2, 0) is 11.3 Å². The molecule has 0 aliphatic rings. The fraction of sp³-hybridized carbons (Fsp3) is 0.0625. The fourth-order valence-corrected chi connectivity index (χ4v) is 3.10. The first-order valence-corrected chi connectivity index (χ1v) is 8.94. The lowest BCUT2D eigenvalue weighted by Crippen LogP contribution is -2.24. The van der Waals surface area contributed by atoms with Crippen LogP contribution >= 0.6 is 46.4 Å². The zero-order valence-electron chi connectivity index (χ0n) is 13.4. The molecule has 138 valence electrons. The van der Waals surface area contributed by atoms with E-state index in [1.165, 1.54) is 6.21 Å². The van der Waals surface area contributed by atoms with Crippen molar-refractivity contribution in [3.05, 3.63) is 62.1 Å². The van der Waals surface area contributed by atoms with E-state index < -0.39 is 5.91 Å². The van der Waals surface area contributed by atoms with Crippen molar-refractivity contribution >= 4 is 58.5 Å². The average molecular weight is 444 g/mol. The highest BCUT2D eigenvalue weighted by Crippen LogP contribution is 2.24. The van der Waals surface area contributed by atoms with Crippen molar-refractivity contribution in [2.45, 2.75) is 6.54 Å². The Bertz CT molecular complexity index is 979. The molecule has 0 aliphatic heterocycles. The average Bonchev–Trinajstić information content (AvgIpc) is 3.05. The number of carbonyl (C=O) groups is 1. The van der Waals surface area contributed by atoms with Crippen molar-refractivity contribution in [2.24, 2.45) is 5.10 Å². The van der Waals surface area contributed by atoms with Gasteiger partial charge in [0, 0.05) is 21.2 Å². The van der Waals surface area contributed by atoms with Gasteiger partial charge in [-0.1, -0.05) is 52.5 Å². The van der Waals surface area contributed by atoms with Gasteiger partial charge in [-0.15, -0.1) is 10.2 Å². The molecule has 1 amide bonds. The SMILES string of the molecule is O=C(Cn1nnc(-c2cc(Cl)cc(Cl)c2)n1)NN=Cc1c(Cl)cccc1Cl. The van der Waals surface area contributed by atoms with Gasteiger partial charge in [0.25, 0.3) is 5.91 Å². The van der Waals surface area contributed by atoms with Gasteiger partial charge in [0.05, 0.1) is 16.3 Å². The Morgan fingerprint density at radius 1 is 1.11 bits per heavy atom. The third kappa shape index (κ3) is 5.17. The summed E-state index contributed by atoms with van der Waals surface area (Å²) in [6.07, 6.45) is 1.36. The zero-order valence-corrected chi connectivity index (χ0v) is 16.4. The van der Waals surface area contributed by atoms with Gasteiger partial charge in [0.1, 0.15) is 6.54 Å². The first-order chi connectivity index (χ1) is 12.9. The summed E-state index contributed by atoms with van der Waals surface area (Å²) in [5.74, 6) is -0.166. The number of halogens is 4. The maximum absolute atomic E-state index is 12.0. The fourth-order valence-electron chi connectivity index (χ4n) is 2.08. The molecule has 0 aliphatic carbocycles. The molecule has 7 nitrogen and oxygen atoms in total. The Labute approximate surface area is 173 Å².